The van der Waals surface area contributed by atoms with Crippen LogP contribution in [0.4, 0.5) is 0 Å². The Balaban J connectivity index is 1.53. The Hall–Kier alpha value is -2.99. The molecule has 3 aromatic rings. The second-order valence-corrected chi connectivity index (χ2v) is 9.09. The van der Waals surface area contributed by atoms with Gasteiger partial charge in [0.15, 0.2) is 0 Å². The molecule has 1 aliphatic heterocycles. The summed E-state index contributed by atoms with van der Waals surface area (Å²) in [5.74, 6) is -0.240. The molecule has 31 heavy (non-hydrogen) atoms. The first-order chi connectivity index (χ1) is 15.2. The number of carbonyl (C=O) groups excluding carboxylic acids is 2. The van der Waals surface area contributed by atoms with Crippen LogP contribution in [0.25, 0.3) is 22.6 Å². The Morgan fingerprint density at radius 3 is 2.68 bits per heavy atom. The maximum atomic E-state index is 13.7. The Bertz CT molecular complexity index is 1170. The number of hydrogen-bond donors (Lipinski definition) is 0. The van der Waals surface area contributed by atoms with Crippen molar-refractivity contribution in [2.45, 2.75) is 25.7 Å². The summed E-state index contributed by atoms with van der Waals surface area (Å²) in [5.41, 5.74) is 4.85. The highest BCUT2D eigenvalue weighted by Gasteiger charge is 2.32. The predicted molar refractivity (Wildman–Crippen MR) is 123 cm³/mol. The zero-order chi connectivity index (χ0) is 21.4. The maximum absolute atomic E-state index is 13.7. The molecule has 5 nitrogen and oxygen atoms in total. The first kappa shape index (κ1) is 19.9. The molecule has 1 amide bonds. The van der Waals surface area contributed by atoms with Crippen molar-refractivity contribution >= 4 is 45.8 Å². The fourth-order valence-corrected chi connectivity index (χ4v) is 5.39. The topological polar surface area (TPSA) is 59.5 Å². The van der Waals surface area contributed by atoms with Crippen molar-refractivity contribution in [3.63, 3.8) is 0 Å². The summed E-state index contributed by atoms with van der Waals surface area (Å²) in [4.78, 5) is 33.6. The van der Waals surface area contributed by atoms with Crippen LogP contribution < -0.4 is 0 Å². The van der Waals surface area contributed by atoms with Crippen LogP contribution in [0.5, 0.6) is 0 Å². The van der Waals surface area contributed by atoms with E-state index < -0.39 is 0 Å². The molecule has 6 heteroatoms. The van der Waals surface area contributed by atoms with Gasteiger partial charge in [-0.2, -0.15) is 0 Å². The van der Waals surface area contributed by atoms with Crippen LogP contribution in [0.2, 0.25) is 0 Å². The number of thiophene rings is 1. The Labute approximate surface area is 185 Å². The molecular weight excluding hydrogens is 408 g/mol. The maximum Gasteiger partial charge on any atom is 0.308 e. The van der Waals surface area contributed by atoms with Crippen LogP contribution in [0.1, 0.15) is 45.8 Å². The van der Waals surface area contributed by atoms with Gasteiger partial charge in [-0.1, -0.05) is 24.3 Å². The minimum atomic E-state index is -0.175. The van der Waals surface area contributed by atoms with Gasteiger partial charge in [-0.25, -0.2) is 4.98 Å². The molecule has 1 aliphatic carbocycles. The number of hydrogen-bond acceptors (Lipinski definition) is 5. The molecule has 0 unspecified atom stereocenters. The van der Waals surface area contributed by atoms with Gasteiger partial charge in [-0.3, -0.25) is 9.59 Å². The molecule has 0 saturated carbocycles. The van der Waals surface area contributed by atoms with Gasteiger partial charge in [0, 0.05) is 23.4 Å². The minimum absolute atomic E-state index is 0.0514. The van der Waals surface area contributed by atoms with Crippen molar-refractivity contribution in [1.29, 1.82) is 0 Å². The molecule has 0 N–H and O–H groups in total. The molecular formula is C25H24N2O3S. The fraction of sp³-hybridized carbons (Fsp3) is 0.320. The highest BCUT2D eigenvalue weighted by atomic mass is 32.1. The van der Waals surface area contributed by atoms with Crippen LogP contribution >= 0.6 is 11.3 Å². The number of piperidine rings is 1. The van der Waals surface area contributed by atoms with Gasteiger partial charge in [0.25, 0.3) is 5.91 Å². The van der Waals surface area contributed by atoms with Crippen LogP contribution in [0.3, 0.4) is 0 Å². The number of carbonyl (C=O) groups is 2. The van der Waals surface area contributed by atoms with E-state index in [1.807, 2.05) is 35.2 Å². The quantitative estimate of drug-likeness (QED) is 0.558. The standard InChI is InChI=1S/C25H24N2O3S/c1-30-25(29)16-10-12-27(13-11-16)24(28)22-19-6-2-3-7-21(19)26-23-17(8-9-20(22)23)15-18-5-4-14-31-18/h2-7,14-16H,8-13H2,1H3/b17-15+. The number of esters is 1. The second kappa shape index (κ2) is 8.27. The Kier molecular flexibility index (Phi) is 5.32. The van der Waals surface area contributed by atoms with Crippen molar-refractivity contribution in [3.8, 4) is 0 Å². The van der Waals surface area contributed by atoms with E-state index in [0.29, 0.717) is 25.9 Å². The molecule has 0 radical (unpaired) electrons. The minimum Gasteiger partial charge on any atom is -0.469 e. The van der Waals surface area contributed by atoms with Gasteiger partial charge >= 0.3 is 5.97 Å². The second-order valence-electron chi connectivity index (χ2n) is 8.11. The number of amides is 1. The Morgan fingerprint density at radius 2 is 1.94 bits per heavy atom. The van der Waals surface area contributed by atoms with Crippen LogP contribution in [-0.2, 0) is 16.0 Å². The number of fused-ring (bicyclic) bond motifs is 2. The lowest BCUT2D eigenvalue weighted by molar-refractivity contribution is -0.146. The van der Waals surface area contributed by atoms with Gasteiger partial charge in [-0.15, -0.1) is 11.3 Å². The van der Waals surface area contributed by atoms with E-state index in [-0.39, 0.29) is 17.8 Å². The van der Waals surface area contributed by atoms with Crippen molar-refractivity contribution in [3.05, 3.63) is 63.5 Å². The van der Waals surface area contributed by atoms with Crippen molar-refractivity contribution in [2.24, 2.45) is 5.92 Å². The van der Waals surface area contributed by atoms with Crippen molar-refractivity contribution in [2.75, 3.05) is 20.2 Å². The Morgan fingerprint density at radius 1 is 1.13 bits per heavy atom. The van der Waals surface area contributed by atoms with Gasteiger partial charge in [-0.05, 0) is 60.4 Å². The molecule has 0 atom stereocenters. The molecule has 1 fully saturated rings. The van der Waals surface area contributed by atoms with Crippen molar-refractivity contribution in [1.82, 2.24) is 9.88 Å². The lowest BCUT2D eigenvalue weighted by Gasteiger charge is -2.31. The molecule has 0 spiro atoms. The summed E-state index contributed by atoms with van der Waals surface area (Å²) in [6.07, 6.45) is 5.21. The van der Waals surface area contributed by atoms with Crippen molar-refractivity contribution < 1.29 is 14.3 Å². The summed E-state index contributed by atoms with van der Waals surface area (Å²) in [6, 6.07) is 12.1. The molecule has 1 saturated heterocycles. The summed E-state index contributed by atoms with van der Waals surface area (Å²) in [6.45, 7) is 1.14. The fourth-order valence-electron chi connectivity index (χ4n) is 4.71. The zero-order valence-electron chi connectivity index (χ0n) is 17.5. The third-order valence-electron chi connectivity index (χ3n) is 6.33. The summed E-state index contributed by atoms with van der Waals surface area (Å²) < 4.78 is 4.89. The van der Waals surface area contributed by atoms with E-state index >= 15 is 0 Å². The van der Waals surface area contributed by atoms with E-state index in [9.17, 15) is 9.59 Å². The van der Waals surface area contributed by atoms with Gasteiger partial charge in [0.05, 0.1) is 29.8 Å². The molecule has 2 aromatic heterocycles. The van der Waals surface area contributed by atoms with E-state index in [4.69, 9.17) is 9.72 Å². The molecule has 1 aromatic carbocycles. The zero-order valence-corrected chi connectivity index (χ0v) is 18.3. The van der Waals surface area contributed by atoms with Crippen LogP contribution in [-0.4, -0.2) is 42.0 Å². The lowest BCUT2D eigenvalue weighted by Crippen LogP contribution is -2.41. The molecule has 2 aliphatic rings. The van der Waals surface area contributed by atoms with Gasteiger partial charge < -0.3 is 9.64 Å². The monoisotopic (exact) mass is 432 g/mol. The van der Waals surface area contributed by atoms with Gasteiger partial charge in [0.2, 0.25) is 0 Å². The number of aromatic nitrogens is 1. The third-order valence-corrected chi connectivity index (χ3v) is 7.15. The van der Waals surface area contributed by atoms with E-state index in [1.165, 1.54) is 17.6 Å². The van der Waals surface area contributed by atoms with Gasteiger partial charge in [0.1, 0.15) is 0 Å². The summed E-state index contributed by atoms with van der Waals surface area (Å²) in [7, 11) is 1.42. The number of methoxy groups -OCH3 is 1. The highest BCUT2D eigenvalue weighted by Crippen LogP contribution is 2.38. The molecule has 3 heterocycles. The normalized spacial score (nSPS) is 17.8. The first-order valence-electron chi connectivity index (χ1n) is 10.7. The molecule has 158 valence electrons. The summed E-state index contributed by atoms with van der Waals surface area (Å²) in [5, 5.41) is 2.99. The molecule has 5 rings (SSSR count). The SMILES string of the molecule is COC(=O)C1CCN(C(=O)c2c3c(nc4ccccc24)/C(=C/c2cccs2)CC3)CC1. The highest BCUT2D eigenvalue weighted by molar-refractivity contribution is 7.10. The largest absolute Gasteiger partial charge is 0.469 e. The van der Waals surface area contributed by atoms with Crippen LogP contribution in [0, 0.1) is 5.92 Å². The lowest BCUT2D eigenvalue weighted by atomic mass is 9.94. The number of allylic oxidation sites excluding steroid dienone is 1. The number of ether oxygens (including phenoxy) is 1. The van der Waals surface area contributed by atoms with E-state index in [0.717, 1.165) is 40.6 Å². The number of benzene rings is 1. The average molecular weight is 433 g/mol. The average Bonchev–Trinajstić information content (AvgIpc) is 3.47. The van der Waals surface area contributed by atoms with E-state index in [1.54, 1.807) is 11.3 Å². The predicted octanol–water partition coefficient (Wildman–Crippen LogP) is 4.81. The number of nitrogens with zero attached hydrogens (tertiary/aromatic N) is 2. The van der Waals surface area contributed by atoms with E-state index in [2.05, 4.69) is 17.5 Å². The smallest absolute Gasteiger partial charge is 0.308 e. The number of para-hydroxylation sites is 1. The number of rotatable bonds is 3. The first-order valence-corrected chi connectivity index (χ1v) is 11.6. The third kappa shape index (κ3) is 3.65. The number of pyridine rings is 1. The summed E-state index contributed by atoms with van der Waals surface area (Å²) >= 11 is 1.71. The van der Waals surface area contributed by atoms with Crippen LogP contribution in [0.15, 0.2) is 41.8 Å². The molecule has 0 bridgehead atoms. The number of likely N-dealkylation sites (tertiary alicyclic amines) is 1.